The summed E-state index contributed by atoms with van der Waals surface area (Å²) in [5, 5.41) is 20.2. The zero-order chi connectivity index (χ0) is 29.2. The number of aliphatic hydroxyl groups excluding tert-OH is 1. The van der Waals surface area contributed by atoms with Gasteiger partial charge in [-0.05, 0) is 46.0 Å². The number of carbonyl (C=O) groups is 3. The first-order valence-electron chi connectivity index (χ1n) is 13.5. The molecule has 0 spiro atoms. The highest BCUT2D eigenvalue weighted by atomic mass is 79.9. The number of hydrogen-bond donors (Lipinski definition) is 2. The molecule has 41 heavy (non-hydrogen) atoms. The molecular formula is C30H34BrNO9. The van der Waals surface area contributed by atoms with E-state index in [2.05, 4.69) is 15.9 Å². The van der Waals surface area contributed by atoms with Gasteiger partial charge in [-0.25, -0.2) is 9.69 Å². The number of ether oxygens (including phenoxy) is 4. The third-order valence-corrected chi connectivity index (χ3v) is 7.78. The molecule has 2 amide bonds. The van der Waals surface area contributed by atoms with Crippen molar-refractivity contribution in [2.24, 2.45) is 5.92 Å². The fourth-order valence-electron chi connectivity index (χ4n) is 4.86. The molecule has 2 aromatic carbocycles. The molecule has 0 aliphatic carbocycles. The van der Waals surface area contributed by atoms with E-state index in [1.165, 1.54) is 6.08 Å². The Morgan fingerprint density at radius 3 is 2.37 bits per heavy atom. The van der Waals surface area contributed by atoms with E-state index in [-0.39, 0.29) is 43.8 Å². The van der Waals surface area contributed by atoms with Gasteiger partial charge in [0.05, 0.1) is 36.8 Å². The van der Waals surface area contributed by atoms with Gasteiger partial charge in [-0.2, -0.15) is 0 Å². The average Bonchev–Trinajstić information content (AvgIpc) is 3.37. The fourth-order valence-corrected chi connectivity index (χ4v) is 5.38. The predicted octanol–water partition coefficient (Wildman–Crippen LogP) is 3.31. The molecule has 2 aliphatic rings. The van der Waals surface area contributed by atoms with Gasteiger partial charge in [0.1, 0.15) is 18.8 Å². The minimum Gasteiger partial charge on any atom is -0.446 e. The van der Waals surface area contributed by atoms with Crippen LogP contribution < -0.4 is 0 Å². The molecule has 2 heterocycles. The van der Waals surface area contributed by atoms with Crippen LogP contribution in [-0.2, 0) is 35.0 Å². The first-order chi connectivity index (χ1) is 19.8. The lowest BCUT2D eigenvalue weighted by atomic mass is 9.87. The van der Waals surface area contributed by atoms with Crippen LogP contribution in [0, 0.1) is 5.92 Å². The molecule has 0 aromatic heterocycles. The molecule has 0 unspecified atom stereocenters. The maximum Gasteiger partial charge on any atom is 0.417 e. The van der Waals surface area contributed by atoms with Crippen molar-refractivity contribution in [2.45, 2.75) is 37.2 Å². The molecule has 0 radical (unpaired) electrons. The van der Waals surface area contributed by atoms with Crippen LogP contribution >= 0.6 is 15.9 Å². The summed E-state index contributed by atoms with van der Waals surface area (Å²) in [6, 6.07) is 17.5. The van der Waals surface area contributed by atoms with Crippen LogP contribution in [0.3, 0.4) is 0 Å². The molecule has 2 aliphatic heterocycles. The Kier molecular flexibility index (Phi) is 11.2. The van der Waals surface area contributed by atoms with Crippen LogP contribution in [0.15, 0.2) is 71.2 Å². The first kappa shape index (κ1) is 31.0. The van der Waals surface area contributed by atoms with E-state index in [0.29, 0.717) is 19.6 Å². The van der Waals surface area contributed by atoms with Gasteiger partial charge < -0.3 is 29.2 Å². The Morgan fingerprint density at radius 2 is 1.68 bits per heavy atom. The maximum atomic E-state index is 14.1. The summed E-state index contributed by atoms with van der Waals surface area (Å²) < 4.78 is 22.1. The summed E-state index contributed by atoms with van der Waals surface area (Å²) >= 11 is 3.27. The summed E-state index contributed by atoms with van der Waals surface area (Å²) in [4.78, 5) is 41.3. The van der Waals surface area contributed by atoms with Crippen LogP contribution in [0.25, 0.3) is 0 Å². The standard InChI is InChI=1S/C30H34BrNO9/c31-26-19-25(34)27(41-30(26,37)12-7-14-38-16-17-39-15-13-33)23(18-21-8-3-1-4-9-21)28(35)32-24(20-40-29(32)36)22-10-5-2-6-11-22/h1-6,8-11,19,23-24,27,33,37H,7,12-18,20H2/t23-,24+,27-,30+/m1/s1. The number of aliphatic hydroxyl groups is 2. The minimum absolute atomic E-state index is 0.00740. The van der Waals surface area contributed by atoms with Gasteiger partial charge in [0.2, 0.25) is 5.91 Å². The van der Waals surface area contributed by atoms with Crippen LogP contribution in [0.4, 0.5) is 4.79 Å². The van der Waals surface area contributed by atoms with Gasteiger partial charge in [0.15, 0.2) is 11.6 Å². The highest BCUT2D eigenvalue weighted by Crippen LogP contribution is 2.38. The van der Waals surface area contributed by atoms with Crippen molar-refractivity contribution < 1.29 is 43.5 Å². The van der Waals surface area contributed by atoms with Crippen LogP contribution in [0.1, 0.15) is 30.0 Å². The zero-order valence-electron chi connectivity index (χ0n) is 22.5. The molecule has 10 nitrogen and oxygen atoms in total. The molecule has 2 N–H and O–H groups in total. The fraction of sp³-hybridized carbons (Fsp3) is 0.433. The maximum absolute atomic E-state index is 14.1. The molecule has 1 saturated heterocycles. The molecule has 4 rings (SSSR count). The number of hydrogen-bond acceptors (Lipinski definition) is 9. The molecule has 0 bridgehead atoms. The quantitative estimate of drug-likeness (QED) is 0.301. The van der Waals surface area contributed by atoms with Gasteiger partial charge in [0.25, 0.3) is 0 Å². The van der Waals surface area contributed by atoms with Gasteiger partial charge in [-0.15, -0.1) is 0 Å². The lowest BCUT2D eigenvalue weighted by Crippen LogP contribution is -2.52. The highest BCUT2D eigenvalue weighted by Gasteiger charge is 2.50. The van der Waals surface area contributed by atoms with Gasteiger partial charge >= 0.3 is 6.09 Å². The van der Waals surface area contributed by atoms with Crippen molar-refractivity contribution in [2.75, 3.05) is 39.6 Å². The van der Waals surface area contributed by atoms with Gasteiger partial charge in [-0.3, -0.25) is 9.59 Å². The van der Waals surface area contributed by atoms with Crippen molar-refractivity contribution in [3.05, 3.63) is 82.3 Å². The molecule has 4 atom stereocenters. The molecule has 2 aromatic rings. The number of carbonyl (C=O) groups excluding carboxylic acids is 3. The Balaban J connectivity index is 1.54. The normalized spacial score (nSPS) is 23.3. The largest absolute Gasteiger partial charge is 0.446 e. The molecule has 0 saturated carbocycles. The Labute approximate surface area is 247 Å². The predicted molar refractivity (Wildman–Crippen MR) is 151 cm³/mol. The second-order valence-electron chi connectivity index (χ2n) is 9.78. The Bertz CT molecular complexity index is 1210. The second-order valence-corrected chi connectivity index (χ2v) is 10.6. The van der Waals surface area contributed by atoms with Crippen LogP contribution in [0.2, 0.25) is 0 Å². The number of cyclic esters (lactones) is 1. The molecular weight excluding hydrogens is 598 g/mol. The van der Waals surface area contributed by atoms with Crippen LogP contribution in [0.5, 0.6) is 0 Å². The van der Waals surface area contributed by atoms with E-state index in [1.54, 1.807) is 12.1 Å². The van der Waals surface area contributed by atoms with Gasteiger partial charge in [0, 0.05) is 13.0 Å². The third-order valence-electron chi connectivity index (χ3n) is 6.93. The minimum atomic E-state index is -1.88. The number of halogens is 1. The number of amides is 2. The van der Waals surface area contributed by atoms with Crippen molar-refractivity contribution in [1.29, 1.82) is 0 Å². The molecule has 11 heteroatoms. The van der Waals surface area contributed by atoms with Crippen molar-refractivity contribution in [1.82, 2.24) is 4.90 Å². The smallest absolute Gasteiger partial charge is 0.417 e. The van der Waals surface area contributed by atoms with E-state index in [9.17, 15) is 19.5 Å². The van der Waals surface area contributed by atoms with E-state index in [4.69, 9.17) is 24.1 Å². The summed E-state index contributed by atoms with van der Waals surface area (Å²) in [7, 11) is 0. The van der Waals surface area contributed by atoms with Crippen molar-refractivity contribution >= 4 is 33.7 Å². The average molecular weight is 633 g/mol. The van der Waals surface area contributed by atoms with Crippen LogP contribution in [-0.4, -0.2) is 84.4 Å². The Morgan fingerprint density at radius 1 is 1.02 bits per heavy atom. The second kappa shape index (κ2) is 14.8. The lowest BCUT2D eigenvalue weighted by molar-refractivity contribution is -0.218. The SMILES string of the molecule is O=C1C=C(Br)[C@](O)(CCCOCCOCCO)O[C@@H]1[C@@H](Cc1ccccc1)C(=O)N1C(=O)OC[C@H]1c1ccccc1. The summed E-state index contributed by atoms with van der Waals surface area (Å²) in [6.45, 7) is 1.09. The third kappa shape index (κ3) is 7.88. The lowest BCUT2D eigenvalue weighted by Gasteiger charge is -2.38. The van der Waals surface area contributed by atoms with E-state index < -0.39 is 41.6 Å². The first-order valence-corrected chi connectivity index (χ1v) is 14.3. The summed E-state index contributed by atoms with van der Waals surface area (Å²) in [5.41, 5.74) is 1.49. The number of imide groups is 1. The number of benzene rings is 2. The van der Waals surface area contributed by atoms with E-state index >= 15 is 0 Å². The van der Waals surface area contributed by atoms with Crippen molar-refractivity contribution in [3.8, 4) is 0 Å². The molecule has 220 valence electrons. The number of nitrogens with zero attached hydrogens (tertiary/aromatic N) is 1. The topological polar surface area (TPSA) is 132 Å². The van der Waals surface area contributed by atoms with Gasteiger partial charge in [-0.1, -0.05) is 60.7 Å². The molecule has 1 fully saturated rings. The zero-order valence-corrected chi connectivity index (χ0v) is 24.1. The summed E-state index contributed by atoms with van der Waals surface area (Å²) in [6.07, 6.45) is -0.355. The number of rotatable bonds is 14. The highest BCUT2D eigenvalue weighted by molar-refractivity contribution is 9.11. The van der Waals surface area contributed by atoms with E-state index in [1.807, 2.05) is 48.5 Å². The number of ketones is 1. The van der Waals surface area contributed by atoms with Crippen molar-refractivity contribution in [3.63, 3.8) is 0 Å². The Hall–Kier alpha value is -2.93. The van der Waals surface area contributed by atoms with E-state index in [0.717, 1.165) is 16.0 Å². The summed E-state index contributed by atoms with van der Waals surface area (Å²) in [5.74, 6) is -4.12. The monoisotopic (exact) mass is 631 g/mol.